The quantitative estimate of drug-likeness (QED) is 0.306. The van der Waals surface area contributed by atoms with Gasteiger partial charge in [-0.05, 0) is 37.5 Å². The molecule has 3 rings (SSSR count). The van der Waals surface area contributed by atoms with Crippen LogP contribution < -0.4 is 5.32 Å². The molecule has 1 N–H and O–H groups in total. The molecule has 2 aromatic rings. The van der Waals surface area contributed by atoms with Crippen molar-refractivity contribution >= 4 is 40.8 Å². The van der Waals surface area contributed by atoms with Gasteiger partial charge in [-0.15, -0.1) is 10.2 Å². The number of carbonyl (C=O) groups excluding carboxylic acids is 1. The Bertz CT molecular complexity index is 992. The van der Waals surface area contributed by atoms with Crippen molar-refractivity contribution in [3.63, 3.8) is 0 Å². The monoisotopic (exact) mass is 431 g/mol. The maximum absolute atomic E-state index is 12.3. The number of nitrogens with one attached hydrogen (secondary N) is 1. The van der Waals surface area contributed by atoms with E-state index in [1.165, 1.54) is 23.5 Å². The van der Waals surface area contributed by atoms with Gasteiger partial charge >= 0.3 is 0 Å². The largest absolute Gasteiger partial charge is 0.376 e. The number of ether oxygens (including phenoxy) is 1. The van der Waals surface area contributed by atoms with Gasteiger partial charge in [0.25, 0.3) is 11.6 Å². The second-order valence-electron chi connectivity index (χ2n) is 6.19. The van der Waals surface area contributed by atoms with E-state index in [-0.39, 0.29) is 17.4 Å². The van der Waals surface area contributed by atoms with Crippen LogP contribution >= 0.6 is 23.1 Å². The second kappa shape index (κ2) is 9.60. The first-order valence-corrected chi connectivity index (χ1v) is 10.4. The molecule has 29 heavy (non-hydrogen) atoms. The van der Waals surface area contributed by atoms with Crippen molar-refractivity contribution in [1.82, 2.24) is 15.5 Å². The van der Waals surface area contributed by atoms with Crippen molar-refractivity contribution in [2.24, 2.45) is 0 Å². The Hall–Kier alpha value is -2.81. The zero-order valence-corrected chi connectivity index (χ0v) is 17.1. The van der Waals surface area contributed by atoms with Gasteiger partial charge < -0.3 is 10.1 Å². The number of hydrogen-bond donors (Lipinski definition) is 1. The first-order chi connectivity index (χ1) is 14.0. The van der Waals surface area contributed by atoms with Gasteiger partial charge in [0.15, 0.2) is 4.34 Å². The summed E-state index contributed by atoms with van der Waals surface area (Å²) in [6, 6.07) is 6.38. The molecule has 1 amide bonds. The first-order valence-electron chi connectivity index (χ1n) is 8.74. The molecule has 11 heteroatoms. The Morgan fingerprint density at radius 1 is 1.55 bits per heavy atom. The fraction of sp³-hybridized carbons (Fsp3) is 0.333. The SMILES string of the molecule is Cc1nnc(Sc2ccc(/C=C(\C#N)C(=O)NC[C@H]3CCCO3)cc2[N+](=O)[O-])s1. The highest BCUT2D eigenvalue weighted by Gasteiger charge is 2.19. The molecule has 0 radical (unpaired) electrons. The molecular formula is C18H17N5O4S2. The number of benzene rings is 1. The van der Waals surface area contributed by atoms with Gasteiger partial charge in [-0.1, -0.05) is 29.2 Å². The van der Waals surface area contributed by atoms with E-state index in [0.29, 0.717) is 28.0 Å². The summed E-state index contributed by atoms with van der Waals surface area (Å²) in [5, 5.41) is 32.1. The fourth-order valence-corrected chi connectivity index (χ4v) is 4.55. The van der Waals surface area contributed by atoms with E-state index in [4.69, 9.17) is 4.74 Å². The number of aromatic nitrogens is 2. The highest BCUT2D eigenvalue weighted by Crippen LogP contribution is 2.36. The molecule has 0 unspecified atom stereocenters. The van der Waals surface area contributed by atoms with E-state index >= 15 is 0 Å². The molecule has 1 aromatic heterocycles. The number of rotatable bonds is 7. The van der Waals surface area contributed by atoms with Gasteiger partial charge in [0.05, 0.1) is 15.9 Å². The van der Waals surface area contributed by atoms with E-state index in [2.05, 4.69) is 15.5 Å². The maximum atomic E-state index is 12.3. The van der Waals surface area contributed by atoms with Crippen molar-refractivity contribution in [3.05, 3.63) is 44.5 Å². The number of carbonyl (C=O) groups is 1. The third kappa shape index (κ3) is 5.60. The van der Waals surface area contributed by atoms with Crippen LogP contribution in [0.15, 0.2) is 33.0 Å². The van der Waals surface area contributed by atoms with Crippen LogP contribution in [0.5, 0.6) is 0 Å². The van der Waals surface area contributed by atoms with Crippen molar-refractivity contribution in [2.75, 3.05) is 13.2 Å². The summed E-state index contributed by atoms with van der Waals surface area (Å²) in [5.74, 6) is -0.534. The lowest BCUT2D eigenvalue weighted by molar-refractivity contribution is -0.387. The second-order valence-corrected chi connectivity index (χ2v) is 8.66. The van der Waals surface area contributed by atoms with Crippen LogP contribution in [0, 0.1) is 28.4 Å². The predicted octanol–water partition coefficient (Wildman–Crippen LogP) is 3.11. The maximum Gasteiger partial charge on any atom is 0.283 e. The zero-order chi connectivity index (χ0) is 20.8. The van der Waals surface area contributed by atoms with Crippen LogP contribution in [-0.4, -0.2) is 40.3 Å². The molecule has 0 aliphatic carbocycles. The molecule has 1 atom stereocenters. The average Bonchev–Trinajstić information content (AvgIpc) is 3.36. The van der Waals surface area contributed by atoms with E-state index < -0.39 is 10.8 Å². The number of aryl methyl sites for hydroxylation is 1. The van der Waals surface area contributed by atoms with Crippen molar-refractivity contribution < 1.29 is 14.5 Å². The minimum Gasteiger partial charge on any atom is -0.376 e. The Morgan fingerprint density at radius 3 is 3.00 bits per heavy atom. The van der Waals surface area contributed by atoms with Gasteiger partial charge in [-0.2, -0.15) is 5.26 Å². The number of nitro benzene ring substituents is 1. The number of nitrogens with zero attached hydrogens (tertiary/aromatic N) is 4. The third-order valence-corrected chi connectivity index (χ3v) is 6.03. The summed E-state index contributed by atoms with van der Waals surface area (Å²) in [6.45, 7) is 2.80. The lowest BCUT2D eigenvalue weighted by atomic mass is 10.1. The molecular weight excluding hydrogens is 414 g/mol. The third-order valence-electron chi connectivity index (χ3n) is 4.07. The van der Waals surface area contributed by atoms with Crippen LogP contribution in [0.3, 0.4) is 0 Å². The number of nitriles is 1. The molecule has 1 fully saturated rings. The topological polar surface area (TPSA) is 131 Å². The normalized spacial score (nSPS) is 16.4. The minimum atomic E-state index is -0.534. The van der Waals surface area contributed by atoms with Crippen molar-refractivity contribution in [2.45, 2.75) is 35.1 Å². The Labute approximate surface area is 174 Å². The highest BCUT2D eigenvalue weighted by atomic mass is 32.2. The Kier molecular flexibility index (Phi) is 6.92. The molecule has 1 aliphatic rings. The number of nitro groups is 1. The molecule has 0 saturated carbocycles. The number of amides is 1. The van der Waals surface area contributed by atoms with Gasteiger partial charge in [0.2, 0.25) is 0 Å². The molecule has 0 spiro atoms. The summed E-state index contributed by atoms with van der Waals surface area (Å²) >= 11 is 2.49. The van der Waals surface area contributed by atoms with Crippen LogP contribution in [-0.2, 0) is 9.53 Å². The summed E-state index contributed by atoms with van der Waals surface area (Å²) in [6.07, 6.45) is 3.11. The zero-order valence-electron chi connectivity index (χ0n) is 15.5. The molecule has 0 bridgehead atoms. The fourth-order valence-electron chi connectivity index (χ4n) is 2.69. The van der Waals surface area contributed by atoms with Gasteiger partial charge in [0, 0.05) is 19.2 Å². The van der Waals surface area contributed by atoms with Crippen molar-refractivity contribution in [3.8, 4) is 6.07 Å². The van der Waals surface area contributed by atoms with E-state index in [9.17, 15) is 20.2 Å². The number of hydrogen-bond acceptors (Lipinski definition) is 9. The Morgan fingerprint density at radius 2 is 2.38 bits per heavy atom. The lowest BCUT2D eigenvalue weighted by Crippen LogP contribution is -2.32. The molecule has 1 aliphatic heterocycles. The summed E-state index contributed by atoms with van der Waals surface area (Å²) in [4.78, 5) is 23.6. The first kappa shape index (κ1) is 20.9. The molecule has 1 saturated heterocycles. The van der Waals surface area contributed by atoms with Crippen LogP contribution in [0.25, 0.3) is 6.08 Å². The van der Waals surface area contributed by atoms with E-state index in [0.717, 1.165) is 29.6 Å². The van der Waals surface area contributed by atoms with Crippen molar-refractivity contribution in [1.29, 1.82) is 5.26 Å². The minimum absolute atomic E-state index is 0.0414. The summed E-state index contributed by atoms with van der Waals surface area (Å²) in [5.41, 5.74) is 0.129. The average molecular weight is 431 g/mol. The van der Waals surface area contributed by atoms with Crippen LogP contribution in [0.1, 0.15) is 23.4 Å². The van der Waals surface area contributed by atoms with E-state index in [1.54, 1.807) is 19.1 Å². The Balaban J connectivity index is 1.77. The van der Waals surface area contributed by atoms with Gasteiger partial charge in [0.1, 0.15) is 16.6 Å². The lowest BCUT2D eigenvalue weighted by Gasteiger charge is -2.10. The van der Waals surface area contributed by atoms with Gasteiger partial charge in [-0.25, -0.2) is 0 Å². The van der Waals surface area contributed by atoms with E-state index in [1.807, 2.05) is 6.07 Å². The molecule has 1 aromatic carbocycles. The summed E-state index contributed by atoms with van der Waals surface area (Å²) in [7, 11) is 0. The highest BCUT2D eigenvalue weighted by molar-refractivity contribution is 8.01. The predicted molar refractivity (Wildman–Crippen MR) is 107 cm³/mol. The standard InChI is InChI=1S/C18H17N5O4S2/c1-11-21-22-18(28-11)29-16-5-4-12(8-15(16)23(25)26)7-13(9-19)17(24)20-10-14-3-2-6-27-14/h4-5,7-8,14H,2-3,6,10H2,1H3,(H,20,24)/b13-7+/t14-/m1/s1. The molecule has 9 nitrogen and oxygen atoms in total. The molecule has 2 heterocycles. The smallest absolute Gasteiger partial charge is 0.283 e. The summed E-state index contributed by atoms with van der Waals surface area (Å²) < 4.78 is 6.03. The van der Waals surface area contributed by atoms with Crippen LogP contribution in [0.4, 0.5) is 5.69 Å². The van der Waals surface area contributed by atoms with Gasteiger partial charge in [-0.3, -0.25) is 14.9 Å². The van der Waals surface area contributed by atoms with Crippen LogP contribution in [0.2, 0.25) is 0 Å². The molecule has 150 valence electrons.